The van der Waals surface area contributed by atoms with E-state index in [0.29, 0.717) is 0 Å². The zero-order valence-corrected chi connectivity index (χ0v) is 9.23. The van der Waals surface area contributed by atoms with Gasteiger partial charge in [0.2, 0.25) is 0 Å². The summed E-state index contributed by atoms with van der Waals surface area (Å²) in [5.74, 6) is 0. The minimum Gasteiger partial charge on any atom is -0.351 e. The SMILES string of the molecule is NC(=O)Nc1cc2c(cc1Br)CCC2. The lowest BCUT2D eigenvalue weighted by atomic mass is 10.1. The van der Waals surface area contributed by atoms with E-state index in [-0.39, 0.29) is 0 Å². The maximum atomic E-state index is 10.7. The van der Waals surface area contributed by atoms with E-state index < -0.39 is 6.03 Å². The van der Waals surface area contributed by atoms with Crippen molar-refractivity contribution in [2.75, 3.05) is 5.32 Å². The van der Waals surface area contributed by atoms with Crippen LogP contribution in [0.1, 0.15) is 17.5 Å². The van der Waals surface area contributed by atoms with Crippen LogP contribution in [0.25, 0.3) is 0 Å². The van der Waals surface area contributed by atoms with Gasteiger partial charge in [0.1, 0.15) is 0 Å². The average molecular weight is 255 g/mol. The van der Waals surface area contributed by atoms with Gasteiger partial charge in [0, 0.05) is 4.47 Å². The molecule has 74 valence electrons. The van der Waals surface area contributed by atoms with Gasteiger partial charge in [0.15, 0.2) is 0 Å². The topological polar surface area (TPSA) is 55.1 Å². The molecular formula is C10H11BrN2O. The summed E-state index contributed by atoms with van der Waals surface area (Å²) in [6.07, 6.45) is 3.42. The Morgan fingerprint density at radius 3 is 2.64 bits per heavy atom. The molecule has 2 amide bonds. The Morgan fingerprint density at radius 2 is 2.00 bits per heavy atom. The van der Waals surface area contributed by atoms with E-state index in [1.54, 1.807) is 0 Å². The van der Waals surface area contributed by atoms with Crippen LogP contribution in [-0.2, 0) is 12.8 Å². The Hall–Kier alpha value is -1.03. The summed E-state index contributed by atoms with van der Waals surface area (Å²) in [4.78, 5) is 10.7. The molecule has 0 saturated carbocycles. The monoisotopic (exact) mass is 254 g/mol. The molecule has 1 aliphatic rings. The van der Waals surface area contributed by atoms with Crippen LogP contribution in [-0.4, -0.2) is 6.03 Å². The highest BCUT2D eigenvalue weighted by molar-refractivity contribution is 9.10. The number of primary amides is 1. The summed E-state index contributed by atoms with van der Waals surface area (Å²) in [6.45, 7) is 0. The highest BCUT2D eigenvalue weighted by Gasteiger charge is 2.13. The Morgan fingerprint density at radius 1 is 1.36 bits per heavy atom. The van der Waals surface area contributed by atoms with Gasteiger partial charge in [0.25, 0.3) is 0 Å². The molecular weight excluding hydrogens is 244 g/mol. The molecule has 2 rings (SSSR count). The van der Waals surface area contributed by atoms with Crippen LogP contribution in [0.15, 0.2) is 16.6 Å². The van der Waals surface area contributed by atoms with E-state index in [0.717, 1.165) is 23.0 Å². The molecule has 0 aliphatic heterocycles. The van der Waals surface area contributed by atoms with E-state index in [1.165, 1.54) is 17.5 Å². The Kier molecular flexibility index (Phi) is 2.46. The van der Waals surface area contributed by atoms with Gasteiger partial charge in [-0.05, 0) is 58.5 Å². The predicted octanol–water partition coefficient (Wildman–Crippen LogP) is 2.43. The fourth-order valence-corrected chi connectivity index (χ4v) is 2.31. The number of halogens is 1. The van der Waals surface area contributed by atoms with Crippen molar-refractivity contribution < 1.29 is 4.79 Å². The Bertz CT molecular complexity index is 390. The number of urea groups is 1. The molecule has 3 N–H and O–H groups in total. The van der Waals surface area contributed by atoms with E-state index >= 15 is 0 Å². The number of carbonyl (C=O) groups is 1. The van der Waals surface area contributed by atoms with Crippen LogP contribution in [0.2, 0.25) is 0 Å². The van der Waals surface area contributed by atoms with Crippen LogP contribution >= 0.6 is 15.9 Å². The first-order chi connectivity index (χ1) is 6.66. The van der Waals surface area contributed by atoms with Crippen LogP contribution in [0, 0.1) is 0 Å². The van der Waals surface area contributed by atoms with Crippen molar-refractivity contribution in [3.05, 3.63) is 27.7 Å². The van der Waals surface area contributed by atoms with Crippen LogP contribution in [0.3, 0.4) is 0 Å². The van der Waals surface area contributed by atoms with Crippen molar-refractivity contribution in [3.8, 4) is 0 Å². The van der Waals surface area contributed by atoms with E-state index in [1.807, 2.05) is 6.07 Å². The summed E-state index contributed by atoms with van der Waals surface area (Å²) in [5.41, 5.74) is 8.51. The molecule has 0 aromatic heterocycles. The molecule has 1 aromatic rings. The molecule has 0 unspecified atom stereocenters. The standard InChI is InChI=1S/C10H11BrN2O/c11-8-4-6-2-1-3-7(6)5-9(8)13-10(12)14/h4-5H,1-3H2,(H3,12,13,14). The third kappa shape index (κ3) is 1.75. The predicted molar refractivity (Wildman–Crippen MR) is 59.4 cm³/mol. The van der Waals surface area contributed by atoms with Crippen molar-refractivity contribution in [1.82, 2.24) is 0 Å². The molecule has 14 heavy (non-hydrogen) atoms. The van der Waals surface area contributed by atoms with E-state index in [9.17, 15) is 4.79 Å². The second kappa shape index (κ2) is 3.61. The second-order valence-electron chi connectivity index (χ2n) is 3.44. The maximum Gasteiger partial charge on any atom is 0.316 e. The van der Waals surface area contributed by atoms with Crippen molar-refractivity contribution in [2.24, 2.45) is 5.73 Å². The van der Waals surface area contributed by atoms with Crippen molar-refractivity contribution >= 4 is 27.6 Å². The van der Waals surface area contributed by atoms with Crippen molar-refractivity contribution in [1.29, 1.82) is 0 Å². The largest absolute Gasteiger partial charge is 0.351 e. The molecule has 0 heterocycles. The summed E-state index contributed by atoms with van der Waals surface area (Å²) in [5, 5.41) is 2.59. The molecule has 1 aromatic carbocycles. The molecule has 0 fully saturated rings. The molecule has 4 heteroatoms. The normalized spacial score (nSPS) is 13.8. The Balaban J connectivity index is 2.37. The fraction of sp³-hybridized carbons (Fsp3) is 0.300. The van der Waals surface area contributed by atoms with Gasteiger partial charge in [-0.3, -0.25) is 0 Å². The van der Waals surface area contributed by atoms with Gasteiger partial charge >= 0.3 is 6.03 Å². The number of rotatable bonds is 1. The maximum absolute atomic E-state index is 10.7. The number of benzene rings is 1. The summed E-state index contributed by atoms with van der Waals surface area (Å²) >= 11 is 3.41. The highest BCUT2D eigenvalue weighted by Crippen LogP contribution is 2.31. The lowest BCUT2D eigenvalue weighted by Gasteiger charge is -2.07. The van der Waals surface area contributed by atoms with Gasteiger partial charge in [0.05, 0.1) is 5.69 Å². The minimum atomic E-state index is -0.524. The number of amides is 2. The number of nitrogens with one attached hydrogen (secondary N) is 1. The number of hydrogen-bond acceptors (Lipinski definition) is 1. The summed E-state index contributed by atoms with van der Waals surface area (Å²) in [7, 11) is 0. The van der Waals surface area contributed by atoms with E-state index in [2.05, 4.69) is 27.3 Å². The van der Waals surface area contributed by atoms with E-state index in [4.69, 9.17) is 5.73 Å². The molecule has 0 saturated heterocycles. The quantitative estimate of drug-likeness (QED) is 0.795. The van der Waals surface area contributed by atoms with Crippen LogP contribution < -0.4 is 11.1 Å². The lowest BCUT2D eigenvalue weighted by molar-refractivity contribution is 0.259. The van der Waals surface area contributed by atoms with Crippen molar-refractivity contribution in [3.63, 3.8) is 0 Å². The van der Waals surface area contributed by atoms with Crippen LogP contribution in [0.5, 0.6) is 0 Å². The molecule has 0 atom stereocenters. The minimum absolute atomic E-state index is 0.524. The first-order valence-corrected chi connectivity index (χ1v) is 5.34. The number of nitrogens with two attached hydrogens (primary N) is 1. The van der Waals surface area contributed by atoms with Crippen molar-refractivity contribution in [2.45, 2.75) is 19.3 Å². The molecule has 0 spiro atoms. The van der Waals surface area contributed by atoms with Gasteiger partial charge < -0.3 is 11.1 Å². The van der Waals surface area contributed by atoms with Gasteiger partial charge in [-0.1, -0.05) is 0 Å². The van der Waals surface area contributed by atoms with Gasteiger partial charge in [-0.2, -0.15) is 0 Å². The third-order valence-electron chi connectivity index (χ3n) is 2.44. The summed E-state index contributed by atoms with van der Waals surface area (Å²) < 4.78 is 0.900. The molecule has 3 nitrogen and oxygen atoms in total. The van der Waals surface area contributed by atoms with Gasteiger partial charge in [-0.25, -0.2) is 4.79 Å². The zero-order valence-electron chi connectivity index (χ0n) is 7.64. The molecule has 0 radical (unpaired) electrons. The first kappa shape index (κ1) is 9.52. The summed E-state index contributed by atoms with van der Waals surface area (Å²) in [6, 6.07) is 3.54. The zero-order chi connectivity index (χ0) is 10.1. The van der Waals surface area contributed by atoms with Gasteiger partial charge in [-0.15, -0.1) is 0 Å². The number of hydrogen-bond donors (Lipinski definition) is 2. The molecule has 0 bridgehead atoms. The van der Waals surface area contributed by atoms with Crippen LogP contribution in [0.4, 0.5) is 10.5 Å². The number of fused-ring (bicyclic) bond motifs is 1. The third-order valence-corrected chi connectivity index (χ3v) is 3.10. The number of aryl methyl sites for hydroxylation is 2. The Labute approximate surface area is 90.8 Å². The highest BCUT2D eigenvalue weighted by atomic mass is 79.9. The number of anilines is 1. The second-order valence-corrected chi connectivity index (χ2v) is 4.30. The smallest absolute Gasteiger partial charge is 0.316 e. The average Bonchev–Trinajstić information content (AvgIpc) is 2.51. The number of carbonyl (C=O) groups excluding carboxylic acids is 1. The first-order valence-electron chi connectivity index (χ1n) is 4.54. The molecule has 1 aliphatic carbocycles. The fourth-order valence-electron chi connectivity index (χ4n) is 1.82. The lowest BCUT2D eigenvalue weighted by Crippen LogP contribution is -2.19.